The van der Waals surface area contributed by atoms with Gasteiger partial charge in [-0.2, -0.15) is 0 Å². The second-order valence-electron chi connectivity index (χ2n) is 4.20. The molecule has 1 fully saturated rings. The average Bonchev–Trinajstić information content (AvgIpc) is 2.66. The average molecular weight is 206 g/mol. The molecule has 0 aromatic rings. The number of nitrogens with two attached hydrogens (primary N) is 1. The van der Waals surface area contributed by atoms with Crippen molar-refractivity contribution in [2.45, 2.75) is 32.7 Å². The zero-order valence-corrected chi connectivity index (χ0v) is 9.02. The van der Waals surface area contributed by atoms with Crippen LogP contribution in [0.25, 0.3) is 0 Å². The molecule has 5 heteroatoms. The molecule has 4 nitrogen and oxygen atoms in total. The summed E-state index contributed by atoms with van der Waals surface area (Å²) in [6, 6.07) is 0.384. The molecule has 1 saturated carbocycles. The van der Waals surface area contributed by atoms with Gasteiger partial charge in [0.1, 0.15) is 0 Å². The summed E-state index contributed by atoms with van der Waals surface area (Å²) >= 11 is 0. The van der Waals surface area contributed by atoms with Crippen LogP contribution in [0.5, 0.6) is 0 Å². The summed E-state index contributed by atoms with van der Waals surface area (Å²) in [5.74, 6) is 0.0212. The highest BCUT2D eigenvalue weighted by atomic mass is 32.2. The molecule has 78 valence electrons. The molecule has 1 atom stereocenters. The van der Waals surface area contributed by atoms with Crippen LogP contribution in [0.1, 0.15) is 26.7 Å². The summed E-state index contributed by atoms with van der Waals surface area (Å²) in [4.78, 5) is 0. The lowest BCUT2D eigenvalue weighted by Crippen LogP contribution is -2.37. The molecule has 1 aliphatic rings. The number of hydrogen-bond donors (Lipinski definition) is 2. The molecule has 0 aromatic carbocycles. The highest BCUT2D eigenvalue weighted by Gasteiger charge is 2.42. The Balaban J connectivity index is 2.20. The van der Waals surface area contributed by atoms with Crippen LogP contribution in [0, 0.1) is 5.41 Å². The maximum Gasteiger partial charge on any atom is 0.210 e. The summed E-state index contributed by atoms with van der Waals surface area (Å²) in [5.41, 5.74) is 0.387. The van der Waals surface area contributed by atoms with Gasteiger partial charge in [0.25, 0.3) is 0 Å². The second kappa shape index (κ2) is 3.55. The van der Waals surface area contributed by atoms with Crippen LogP contribution in [0.4, 0.5) is 0 Å². The lowest BCUT2D eigenvalue weighted by Gasteiger charge is -2.19. The van der Waals surface area contributed by atoms with Crippen LogP contribution in [0.3, 0.4) is 0 Å². The lowest BCUT2D eigenvalue weighted by atomic mass is 10.0. The third kappa shape index (κ3) is 3.62. The molecule has 0 radical (unpaired) electrons. The fourth-order valence-electron chi connectivity index (χ4n) is 1.29. The third-order valence-corrected chi connectivity index (χ3v) is 3.69. The quantitative estimate of drug-likeness (QED) is 0.668. The number of nitrogens with one attached hydrogen (secondary N) is 1. The first-order valence-electron chi connectivity index (χ1n) is 4.57. The second-order valence-corrected chi connectivity index (χ2v) is 5.93. The number of hydrogen-bond acceptors (Lipinski definition) is 3. The van der Waals surface area contributed by atoms with Crippen LogP contribution in [0.2, 0.25) is 0 Å². The lowest BCUT2D eigenvalue weighted by molar-refractivity contribution is 0.389. The monoisotopic (exact) mass is 206 g/mol. The minimum Gasteiger partial charge on any atom is -0.313 e. The third-order valence-electron chi connectivity index (χ3n) is 2.92. The molecule has 0 aromatic heterocycles. The fraction of sp³-hybridized carbons (Fsp3) is 1.00. The normalized spacial score (nSPS) is 22.7. The van der Waals surface area contributed by atoms with Crippen molar-refractivity contribution in [2.24, 2.45) is 10.6 Å². The van der Waals surface area contributed by atoms with E-state index >= 15 is 0 Å². The van der Waals surface area contributed by atoms with Gasteiger partial charge in [-0.15, -0.1) is 0 Å². The Morgan fingerprint density at radius 1 is 1.54 bits per heavy atom. The molecule has 0 heterocycles. The Kier molecular flexibility index (Phi) is 2.99. The van der Waals surface area contributed by atoms with E-state index in [1.54, 1.807) is 0 Å². The van der Waals surface area contributed by atoms with Crippen LogP contribution < -0.4 is 10.5 Å². The van der Waals surface area contributed by atoms with E-state index < -0.39 is 10.0 Å². The highest BCUT2D eigenvalue weighted by Crippen LogP contribution is 2.47. The summed E-state index contributed by atoms with van der Waals surface area (Å²) in [6.07, 6.45) is 2.47. The molecular formula is C8H18N2O2S. The first-order valence-corrected chi connectivity index (χ1v) is 6.29. The van der Waals surface area contributed by atoms with E-state index in [9.17, 15) is 8.42 Å². The van der Waals surface area contributed by atoms with Gasteiger partial charge in [0.2, 0.25) is 10.0 Å². The van der Waals surface area contributed by atoms with Crippen molar-refractivity contribution >= 4 is 10.0 Å². The van der Waals surface area contributed by atoms with E-state index in [4.69, 9.17) is 5.14 Å². The largest absolute Gasteiger partial charge is 0.313 e. The summed E-state index contributed by atoms with van der Waals surface area (Å²) < 4.78 is 21.2. The zero-order valence-electron chi connectivity index (χ0n) is 8.21. The number of primary sulfonamides is 1. The Bertz CT molecular complexity index is 270. The van der Waals surface area contributed by atoms with Crippen molar-refractivity contribution in [3.63, 3.8) is 0 Å². The van der Waals surface area contributed by atoms with Gasteiger partial charge in [0, 0.05) is 12.6 Å². The molecule has 3 N–H and O–H groups in total. The standard InChI is InChI=1S/C8H18N2O2S/c1-7(8(2)3-4-8)10-5-6-13(9,11)12/h7,10H,3-6H2,1-2H3,(H2,9,11,12). The van der Waals surface area contributed by atoms with E-state index in [1.165, 1.54) is 12.8 Å². The smallest absolute Gasteiger partial charge is 0.210 e. The van der Waals surface area contributed by atoms with Crippen LogP contribution in [0.15, 0.2) is 0 Å². The maximum atomic E-state index is 10.6. The SMILES string of the molecule is CC(NCCS(N)(=O)=O)C1(C)CC1. The van der Waals surface area contributed by atoms with Crippen molar-refractivity contribution in [3.05, 3.63) is 0 Å². The molecule has 13 heavy (non-hydrogen) atoms. The summed E-state index contributed by atoms with van der Waals surface area (Å²) in [5, 5.41) is 8.06. The predicted octanol–water partition coefficient (Wildman–Crippen LogP) is 0.0531. The van der Waals surface area contributed by atoms with Gasteiger partial charge in [0.05, 0.1) is 5.75 Å². The van der Waals surface area contributed by atoms with Crippen molar-refractivity contribution in [3.8, 4) is 0 Å². The van der Waals surface area contributed by atoms with E-state index in [0.29, 0.717) is 18.0 Å². The fourth-order valence-corrected chi connectivity index (χ4v) is 1.70. The number of sulfonamides is 1. The van der Waals surface area contributed by atoms with Gasteiger partial charge in [-0.1, -0.05) is 6.92 Å². The molecule has 0 bridgehead atoms. The molecular weight excluding hydrogens is 188 g/mol. The molecule has 1 rings (SSSR count). The van der Waals surface area contributed by atoms with Crippen LogP contribution >= 0.6 is 0 Å². The van der Waals surface area contributed by atoms with Gasteiger partial charge in [-0.05, 0) is 25.2 Å². The van der Waals surface area contributed by atoms with Crippen LogP contribution in [-0.2, 0) is 10.0 Å². The first-order chi connectivity index (χ1) is 5.83. The van der Waals surface area contributed by atoms with Crippen LogP contribution in [-0.4, -0.2) is 26.8 Å². The molecule has 1 unspecified atom stereocenters. The topological polar surface area (TPSA) is 72.2 Å². The maximum absolute atomic E-state index is 10.6. The highest BCUT2D eigenvalue weighted by molar-refractivity contribution is 7.89. The predicted molar refractivity (Wildman–Crippen MR) is 52.8 cm³/mol. The van der Waals surface area contributed by atoms with Crippen molar-refractivity contribution < 1.29 is 8.42 Å². The Morgan fingerprint density at radius 3 is 2.46 bits per heavy atom. The van der Waals surface area contributed by atoms with Crippen molar-refractivity contribution in [1.29, 1.82) is 0 Å². The summed E-state index contributed by atoms with van der Waals surface area (Å²) in [6.45, 7) is 4.76. The Labute approximate surface area is 79.9 Å². The molecule has 1 aliphatic carbocycles. The van der Waals surface area contributed by atoms with Gasteiger partial charge in [-0.3, -0.25) is 0 Å². The first kappa shape index (κ1) is 10.9. The van der Waals surface area contributed by atoms with Crippen molar-refractivity contribution in [1.82, 2.24) is 5.32 Å². The van der Waals surface area contributed by atoms with E-state index in [2.05, 4.69) is 19.2 Å². The van der Waals surface area contributed by atoms with E-state index in [1.807, 2.05) is 0 Å². The number of rotatable bonds is 5. The Hall–Kier alpha value is -0.130. The molecule has 0 saturated heterocycles. The van der Waals surface area contributed by atoms with Gasteiger partial charge < -0.3 is 5.32 Å². The Morgan fingerprint density at radius 2 is 2.08 bits per heavy atom. The minimum absolute atomic E-state index is 0.0212. The minimum atomic E-state index is -3.31. The van der Waals surface area contributed by atoms with E-state index in [0.717, 1.165) is 0 Å². The molecule has 0 aliphatic heterocycles. The van der Waals surface area contributed by atoms with Gasteiger partial charge in [0.15, 0.2) is 0 Å². The van der Waals surface area contributed by atoms with E-state index in [-0.39, 0.29) is 5.75 Å². The van der Waals surface area contributed by atoms with Crippen molar-refractivity contribution in [2.75, 3.05) is 12.3 Å². The van der Waals surface area contributed by atoms with Gasteiger partial charge in [-0.25, -0.2) is 13.6 Å². The molecule has 0 spiro atoms. The zero-order chi connectivity index (χ0) is 10.1. The molecule has 0 amide bonds. The summed E-state index contributed by atoms with van der Waals surface area (Å²) in [7, 11) is -3.31. The van der Waals surface area contributed by atoms with Gasteiger partial charge >= 0.3 is 0 Å².